The zero-order valence-electron chi connectivity index (χ0n) is 10.7. The predicted octanol–water partition coefficient (Wildman–Crippen LogP) is 4.78. The second-order valence-corrected chi connectivity index (χ2v) is 6.51. The highest BCUT2D eigenvalue weighted by molar-refractivity contribution is 9.11. The first-order valence-electron chi connectivity index (χ1n) is 5.97. The molecule has 21 heavy (non-hydrogen) atoms. The molecule has 0 aromatic heterocycles. The summed E-state index contributed by atoms with van der Waals surface area (Å²) in [5.41, 5.74) is 1.47. The van der Waals surface area contributed by atoms with E-state index in [1.165, 1.54) is 0 Å². The van der Waals surface area contributed by atoms with Gasteiger partial charge in [-0.1, -0.05) is 59.9 Å². The van der Waals surface area contributed by atoms with Crippen molar-refractivity contribution in [1.82, 2.24) is 0 Å². The largest absolute Gasteiger partial charge is 0.325 e. The molecule has 2 aromatic rings. The first-order chi connectivity index (χ1) is 10.0. The van der Waals surface area contributed by atoms with Crippen LogP contribution >= 0.6 is 47.8 Å². The number of ketones is 1. The van der Waals surface area contributed by atoms with Crippen molar-refractivity contribution in [3.8, 4) is 0 Å². The number of alkyl halides is 1. The molecule has 0 radical (unpaired) electrons. The van der Waals surface area contributed by atoms with E-state index in [2.05, 4.69) is 53.1 Å². The number of anilines is 1. The Bertz CT molecular complexity index is 701. The molecule has 3 nitrogen and oxygen atoms in total. The molecule has 108 valence electrons. The Morgan fingerprint density at radius 2 is 1.71 bits per heavy atom. The second-order valence-electron chi connectivity index (χ2n) is 4.18. The third kappa shape index (κ3) is 4.02. The monoisotopic (exact) mass is 473 g/mol. The zero-order chi connectivity index (χ0) is 15.4. The summed E-state index contributed by atoms with van der Waals surface area (Å²) in [6.07, 6.45) is 0. The van der Waals surface area contributed by atoms with Crippen LogP contribution in [0.5, 0.6) is 0 Å². The minimum atomic E-state index is -0.210. The lowest BCUT2D eigenvalue weighted by molar-refractivity contribution is -0.113. The van der Waals surface area contributed by atoms with Crippen LogP contribution in [-0.4, -0.2) is 17.0 Å². The molecule has 0 fully saturated rings. The van der Waals surface area contributed by atoms with Gasteiger partial charge in [0, 0.05) is 20.1 Å². The Morgan fingerprint density at radius 1 is 1.00 bits per heavy atom. The van der Waals surface area contributed by atoms with Gasteiger partial charge in [-0.25, -0.2) is 0 Å². The summed E-state index contributed by atoms with van der Waals surface area (Å²) in [7, 11) is 0. The SMILES string of the molecule is O=C(CBr)Nc1ccc(Br)cc1C(=O)c1ccccc1Br. The molecule has 0 bridgehead atoms. The van der Waals surface area contributed by atoms with E-state index in [1.54, 1.807) is 30.3 Å². The highest BCUT2D eigenvalue weighted by Gasteiger charge is 2.17. The van der Waals surface area contributed by atoms with E-state index in [0.29, 0.717) is 21.3 Å². The van der Waals surface area contributed by atoms with Gasteiger partial charge in [0.15, 0.2) is 5.78 Å². The Hall–Kier alpha value is -0.980. The van der Waals surface area contributed by atoms with Crippen LogP contribution in [0.15, 0.2) is 51.4 Å². The molecule has 1 amide bonds. The van der Waals surface area contributed by atoms with Crippen molar-refractivity contribution in [3.63, 3.8) is 0 Å². The topological polar surface area (TPSA) is 46.2 Å². The minimum Gasteiger partial charge on any atom is -0.325 e. The number of amides is 1. The predicted molar refractivity (Wildman–Crippen MR) is 94.1 cm³/mol. The van der Waals surface area contributed by atoms with E-state index >= 15 is 0 Å². The molecular formula is C15H10Br3NO2. The maximum Gasteiger partial charge on any atom is 0.235 e. The Kier molecular flexibility index (Phi) is 5.72. The summed E-state index contributed by atoms with van der Waals surface area (Å²) < 4.78 is 1.49. The van der Waals surface area contributed by atoms with Crippen LogP contribution < -0.4 is 5.32 Å². The van der Waals surface area contributed by atoms with Crippen molar-refractivity contribution in [2.75, 3.05) is 10.6 Å². The van der Waals surface area contributed by atoms with Gasteiger partial charge >= 0.3 is 0 Å². The Balaban J connectivity index is 2.47. The lowest BCUT2D eigenvalue weighted by Crippen LogP contribution is -2.16. The van der Waals surface area contributed by atoms with Gasteiger partial charge in [0.05, 0.1) is 11.0 Å². The van der Waals surface area contributed by atoms with Crippen LogP contribution in [0.3, 0.4) is 0 Å². The van der Waals surface area contributed by atoms with Crippen molar-refractivity contribution < 1.29 is 9.59 Å². The van der Waals surface area contributed by atoms with Crippen LogP contribution in [-0.2, 0) is 4.79 Å². The van der Waals surface area contributed by atoms with Gasteiger partial charge in [-0.05, 0) is 30.3 Å². The molecule has 0 aliphatic heterocycles. The molecule has 1 N–H and O–H groups in total. The minimum absolute atomic E-state index is 0.159. The number of benzene rings is 2. The van der Waals surface area contributed by atoms with E-state index in [-0.39, 0.29) is 17.0 Å². The third-order valence-electron chi connectivity index (χ3n) is 2.74. The molecular weight excluding hydrogens is 466 g/mol. The highest BCUT2D eigenvalue weighted by atomic mass is 79.9. The van der Waals surface area contributed by atoms with Crippen molar-refractivity contribution in [2.45, 2.75) is 0 Å². The first kappa shape index (κ1) is 16.4. The summed E-state index contributed by atoms with van der Waals surface area (Å²) >= 11 is 9.82. The van der Waals surface area contributed by atoms with E-state index in [0.717, 1.165) is 4.47 Å². The summed E-state index contributed by atoms with van der Waals surface area (Å²) in [6.45, 7) is 0. The number of nitrogens with one attached hydrogen (secondary N) is 1. The molecule has 6 heteroatoms. The van der Waals surface area contributed by atoms with Crippen molar-refractivity contribution >= 4 is 65.2 Å². The number of carbonyl (C=O) groups is 2. The van der Waals surface area contributed by atoms with Crippen molar-refractivity contribution in [2.24, 2.45) is 0 Å². The number of halogens is 3. The van der Waals surface area contributed by atoms with Gasteiger partial charge in [0.1, 0.15) is 0 Å². The molecule has 2 aromatic carbocycles. The average Bonchev–Trinajstić information content (AvgIpc) is 2.48. The Morgan fingerprint density at radius 3 is 2.38 bits per heavy atom. The summed E-state index contributed by atoms with van der Waals surface area (Å²) in [5.74, 6) is -0.368. The van der Waals surface area contributed by atoms with Gasteiger partial charge < -0.3 is 5.32 Å². The fourth-order valence-electron chi connectivity index (χ4n) is 1.79. The van der Waals surface area contributed by atoms with Crippen molar-refractivity contribution in [3.05, 3.63) is 62.5 Å². The van der Waals surface area contributed by atoms with Gasteiger partial charge in [0.2, 0.25) is 5.91 Å². The lowest BCUT2D eigenvalue weighted by Gasteiger charge is -2.11. The summed E-state index contributed by atoms with van der Waals surface area (Å²) in [4.78, 5) is 24.3. The number of hydrogen-bond acceptors (Lipinski definition) is 2. The molecule has 0 unspecified atom stereocenters. The van der Waals surface area contributed by atoms with Crippen molar-refractivity contribution in [1.29, 1.82) is 0 Å². The summed E-state index contributed by atoms with van der Waals surface area (Å²) in [6, 6.07) is 12.4. The molecule has 0 aliphatic carbocycles. The summed E-state index contributed by atoms with van der Waals surface area (Å²) in [5, 5.41) is 2.89. The molecule has 0 saturated heterocycles. The molecule has 0 atom stereocenters. The average molecular weight is 476 g/mol. The molecule has 0 spiro atoms. The zero-order valence-corrected chi connectivity index (χ0v) is 15.5. The lowest BCUT2D eigenvalue weighted by atomic mass is 10.0. The van der Waals surface area contributed by atoms with Crippen LogP contribution in [0.1, 0.15) is 15.9 Å². The number of hydrogen-bond donors (Lipinski definition) is 1. The molecule has 2 rings (SSSR count). The third-order valence-corrected chi connectivity index (χ3v) is 4.43. The second kappa shape index (κ2) is 7.33. The maximum atomic E-state index is 12.7. The maximum absolute atomic E-state index is 12.7. The molecule has 0 saturated carbocycles. The number of rotatable bonds is 4. The highest BCUT2D eigenvalue weighted by Crippen LogP contribution is 2.27. The van der Waals surface area contributed by atoms with E-state index in [9.17, 15) is 9.59 Å². The van der Waals surface area contributed by atoms with Gasteiger partial charge in [-0.15, -0.1) is 0 Å². The quantitative estimate of drug-likeness (QED) is 0.511. The van der Waals surface area contributed by atoms with E-state index in [4.69, 9.17) is 0 Å². The Labute approximate surface area is 147 Å². The van der Waals surface area contributed by atoms with Crippen LogP contribution in [0.25, 0.3) is 0 Å². The standard InChI is InChI=1S/C15H10Br3NO2/c16-8-14(20)19-13-6-5-9(17)7-11(13)15(21)10-3-1-2-4-12(10)18/h1-7H,8H2,(H,19,20). The fourth-order valence-corrected chi connectivity index (χ4v) is 2.75. The van der Waals surface area contributed by atoms with Crippen LogP contribution in [0.4, 0.5) is 5.69 Å². The normalized spacial score (nSPS) is 10.2. The van der Waals surface area contributed by atoms with Gasteiger partial charge in [0.25, 0.3) is 0 Å². The smallest absolute Gasteiger partial charge is 0.235 e. The molecule has 0 heterocycles. The number of carbonyl (C=O) groups excluding carboxylic acids is 2. The van der Waals surface area contributed by atoms with E-state index < -0.39 is 0 Å². The van der Waals surface area contributed by atoms with Gasteiger partial charge in [-0.2, -0.15) is 0 Å². The molecule has 0 aliphatic rings. The van der Waals surface area contributed by atoms with E-state index in [1.807, 2.05) is 12.1 Å². The van der Waals surface area contributed by atoms with Crippen LogP contribution in [0, 0.1) is 0 Å². The first-order valence-corrected chi connectivity index (χ1v) is 8.68. The van der Waals surface area contributed by atoms with Gasteiger partial charge in [-0.3, -0.25) is 9.59 Å². The fraction of sp³-hybridized carbons (Fsp3) is 0.0667. The van der Waals surface area contributed by atoms with Crippen LogP contribution in [0.2, 0.25) is 0 Å².